The minimum absolute atomic E-state index is 0.0661. The van der Waals surface area contributed by atoms with Crippen LogP contribution in [0.3, 0.4) is 0 Å². The highest BCUT2D eigenvalue weighted by atomic mass is 16.1. The summed E-state index contributed by atoms with van der Waals surface area (Å²) in [5, 5.41) is 0. The fourth-order valence-electron chi connectivity index (χ4n) is 2.21. The maximum atomic E-state index is 11.8. The Morgan fingerprint density at radius 3 is 2.14 bits per heavy atom. The summed E-state index contributed by atoms with van der Waals surface area (Å²) in [6.07, 6.45) is 5.35. The normalized spacial score (nSPS) is 10.7. The highest BCUT2D eigenvalue weighted by Gasteiger charge is 2.05. The zero-order chi connectivity index (χ0) is 15.6. The van der Waals surface area contributed by atoms with Gasteiger partial charge in [-0.25, -0.2) is 0 Å². The minimum Gasteiger partial charge on any atom is -0.299 e. The SMILES string of the molecule is O=C(/C=C/c1ccccc1)CCCC(=O)Cc1ccccc1. The predicted molar refractivity (Wildman–Crippen MR) is 89.5 cm³/mol. The van der Waals surface area contributed by atoms with Crippen LogP contribution in [0.1, 0.15) is 30.4 Å². The fraction of sp³-hybridized carbons (Fsp3) is 0.200. The second-order valence-electron chi connectivity index (χ2n) is 5.26. The standard InChI is InChI=1S/C20H20O2/c21-19(15-14-17-8-3-1-4-9-17)12-7-13-20(22)16-18-10-5-2-6-11-18/h1-6,8-11,14-15H,7,12-13,16H2/b15-14+. The largest absolute Gasteiger partial charge is 0.299 e. The zero-order valence-electron chi connectivity index (χ0n) is 12.6. The molecule has 2 aromatic rings. The van der Waals surface area contributed by atoms with Gasteiger partial charge in [-0.1, -0.05) is 66.7 Å². The summed E-state index contributed by atoms with van der Waals surface area (Å²) in [7, 11) is 0. The molecule has 0 saturated carbocycles. The summed E-state index contributed by atoms with van der Waals surface area (Å²) < 4.78 is 0. The summed E-state index contributed by atoms with van der Waals surface area (Å²) in [6.45, 7) is 0. The third kappa shape index (κ3) is 5.88. The van der Waals surface area contributed by atoms with Gasteiger partial charge >= 0.3 is 0 Å². The summed E-state index contributed by atoms with van der Waals surface area (Å²) in [5.74, 6) is 0.252. The van der Waals surface area contributed by atoms with Crippen LogP contribution in [0, 0.1) is 0 Å². The summed E-state index contributed by atoms with van der Waals surface area (Å²) in [6, 6.07) is 19.4. The van der Waals surface area contributed by atoms with Crippen LogP contribution < -0.4 is 0 Å². The molecule has 0 heterocycles. The lowest BCUT2D eigenvalue weighted by Crippen LogP contribution is -2.03. The molecule has 0 spiro atoms. The second kappa shape index (κ2) is 8.73. The molecule has 0 unspecified atom stereocenters. The smallest absolute Gasteiger partial charge is 0.155 e. The molecule has 0 aromatic heterocycles. The molecule has 2 heteroatoms. The van der Waals surface area contributed by atoms with Gasteiger partial charge in [-0.05, 0) is 23.6 Å². The predicted octanol–water partition coefficient (Wildman–Crippen LogP) is 4.25. The lowest BCUT2D eigenvalue weighted by molar-refractivity contribution is -0.118. The first kappa shape index (κ1) is 15.9. The maximum Gasteiger partial charge on any atom is 0.155 e. The van der Waals surface area contributed by atoms with Gasteiger partial charge in [0.05, 0.1) is 0 Å². The first-order valence-electron chi connectivity index (χ1n) is 7.55. The van der Waals surface area contributed by atoms with Crippen molar-refractivity contribution in [2.24, 2.45) is 0 Å². The third-order valence-corrected chi connectivity index (χ3v) is 3.38. The molecule has 0 aliphatic carbocycles. The molecule has 22 heavy (non-hydrogen) atoms. The first-order chi connectivity index (χ1) is 10.7. The number of Topliss-reactive ketones (excluding diaryl/α,β-unsaturated/α-hetero) is 1. The van der Waals surface area contributed by atoms with Crippen molar-refractivity contribution in [2.75, 3.05) is 0 Å². The first-order valence-corrected chi connectivity index (χ1v) is 7.55. The Labute approximate surface area is 131 Å². The Balaban J connectivity index is 1.68. The van der Waals surface area contributed by atoms with Gasteiger partial charge in [0.25, 0.3) is 0 Å². The Bertz CT molecular complexity index is 627. The average molecular weight is 292 g/mol. The molecule has 0 atom stereocenters. The molecule has 0 N–H and O–H groups in total. The van der Waals surface area contributed by atoms with Gasteiger partial charge in [-0.15, -0.1) is 0 Å². The van der Waals surface area contributed by atoms with Gasteiger partial charge in [0.1, 0.15) is 5.78 Å². The quantitative estimate of drug-likeness (QED) is 0.682. The Kier molecular flexibility index (Phi) is 6.31. The molecule has 112 valence electrons. The van der Waals surface area contributed by atoms with Crippen LogP contribution in [0.2, 0.25) is 0 Å². The molecular weight excluding hydrogens is 272 g/mol. The van der Waals surface area contributed by atoms with Crippen molar-refractivity contribution >= 4 is 17.6 Å². The number of hydrogen-bond donors (Lipinski definition) is 0. The Hall–Kier alpha value is -2.48. The van der Waals surface area contributed by atoms with Gasteiger partial charge in [0.15, 0.2) is 5.78 Å². The van der Waals surface area contributed by atoms with E-state index in [4.69, 9.17) is 0 Å². The van der Waals surface area contributed by atoms with E-state index in [0.717, 1.165) is 11.1 Å². The lowest BCUT2D eigenvalue weighted by Gasteiger charge is -2.00. The number of hydrogen-bond acceptors (Lipinski definition) is 2. The molecule has 0 fully saturated rings. The van der Waals surface area contributed by atoms with E-state index in [1.807, 2.05) is 66.7 Å². The summed E-state index contributed by atoms with van der Waals surface area (Å²) >= 11 is 0. The van der Waals surface area contributed by atoms with Gasteiger partial charge < -0.3 is 0 Å². The minimum atomic E-state index is 0.0661. The number of rotatable bonds is 8. The molecule has 0 radical (unpaired) electrons. The van der Waals surface area contributed by atoms with Gasteiger partial charge in [-0.2, -0.15) is 0 Å². The number of benzene rings is 2. The van der Waals surface area contributed by atoms with E-state index in [1.54, 1.807) is 6.08 Å². The molecule has 2 nitrogen and oxygen atoms in total. The van der Waals surface area contributed by atoms with E-state index < -0.39 is 0 Å². The fourth-order valence-corrected chi connectivity index (χ4v) is 2.21. The van der Waals surface area contributed by atoms with E-state index in [-0.39, 0.29) is 11.6 Å². The van der Waals surface area contributed by atoms with Crippen LogP contribution in [0.25, 0.3) is 6.08 Å². The molecule has 2 rings (SSSR count). The van der Waals surface area contributed by atoms with Gasteiger partial charge in [0, 0.05) is 19.3 Å². The number of ketones is 2. The molecule has 0 saturated heterocycles. The van der Waals surface area contributed by atoms with Crippen molar-refractivity contribution in [3.05, 3.63) is 77.9 Å². The van der Waals surface area contributed by atoms with Crippen LogP contribution in [0.5, 0.6) is 0 Å². The van der Waals surface area contributed by atoms with Crippen molar-refractivity contribution < 1.29 is 9.59 Å². The maximum absolute atomic E-state index is 11.8. The van der Waals surface area contributed by atoms with Crippen LogP contribution in [-0.4, -0.2) is 11.6 Å². The van der Waals surface area contributed by atoms with Crippen LogP contribution in [-0.2, 0) is 16.0 Å². The summed E-state index contributed by atoms with van der Waals surface area (Å²) in [5.41, 5.74) is 2.04. The van der Waals surface area contributed by atoms with E-state index in [0.29, 0.717) is 25.7 Å². The third-order valence-electron chi connectivity index (χ3n) is 3.38. The monoisotopic (exact) mass is 292 g/mol. The lowest BCUT2D eigenvalue weighted by atomic mass is 10.0. The van der Waals surface area contributed by atoms with Crippen molar-refractivity contribution in [2.45, 2.75) is 25.7 Å². The molecule has 0 amide bonds. The second-order valence-corrected chi connectivity index (χ2v) is 5.26. The number of allylic oxidation sites excluding steroid dienone is 1. The van der Waals surface area contributed by atoms with Gasteiger partial charge in [-0.3, -0.25) is 9.59 Å². The van der Waals surface area contributed by atoms with Crippen LogP contribution in [0.4, 0.5) is 0 Å². The summed E-state index contributed by atoms with van der Waals surface area (Å²) in [4.78, 5) is 23.6. The van der Waals surface area contributed by atoms with E-state index in [1.165, 1.54) is 0 Å². The molecule has 2 aromatic carbocycles. The highest BCUT2D eigenvalue weighted by molar-refractivity contribution is 5.93. The number of carbonyl (C=O) groups excluding carboxylic acids is 2. The van der Waals surface area contributed by atoms with Crippen LogP contribution >= 0.6 is 0 Å². The van der Waals surface area contributed by atoms with Crippen molar-refractivity contribution in [3.63, 3.8) is 0 Å². The van der Waals surface area contributed by atoms with E-state index in [9.17, 15) is 9.59 Å². The average Bonchev–Trinajstić information content (AvgIpc) is 2.55. The van der Waals surface area contributed by atoms with Crippen LogP contribution in [0.15, 0.2) is 66.7 Å². The molecule has 0 bridgehead atoms. The Morgan fingerprint density at radius 2 is 1.45 bits per heavy atom. The van der Waals surface area contributed by atoms with E-state index >= 15 is 0 Å². The molecule has 0 aliphatic heterocycles. The van der Waals surface area contributed by atoms with Crippen molar-refractivity contribution in [3.8, 4) is 0 Å². The van der Waals surface area contributed by atoms with Crippen molar-refractivity contribution in [1.29, 1.82) is 0 Å². The zero-order valence-corrected chi connectivity index (χ0v) is 12.6. The highest BCUT2D eigenvalue weighted by Crippen LogP contribution is 2.07. The Morgan fingerprint density at radius 1 is 0.818 bits per heavy atom. The topological polar surface area (TPSA) is 34.1 Å². The molecular formula is C20H20O2. The molecule has 0 aliphatic rings. The van der Waals surface area contributed by atoms with E-state index in [2.05, 4.69) is 0 Å². The number of carbonyl (C=O) groups is 2. The van der Waals surface area contributed by atoms with Crippen molar-refractivity contribution in [1.82, 2.24) is 0 Å². The van der Waals surface area contributed by atoms with Gasteiger partial charge in [0.2, 0.25) is 0 Å².